The number of ether oxygens (including phenoxy) is 1. The average Bonchev–Trinajstić information content (AvgIpc) is 2.28. The van der Waals surface area contributed by atoms with Crippen molar-refractivity contribution in [3.63, 3.8) is 0 Å². The number of carbonyl (C=O) groups is 2. The highest BCUT2D eigenvalue weighted by Crippen LogP contribution is 2.21. The zero-order valence-corrected chi connectivity index (χ0v) is 10.7. The quantitative estimate of drug-likeness (QED) is 0.500. The van der Waals surface area contributed by atoms with Gasteiger partial charge in [0.15, 0.2) is 5.92 Å². The second kappa shape index (κ2) is 5.64. The number of hydrogen-bond donors (Lipinski definition) is 1. The third-order valence-corrected chi connectivity index (χ3v) is 2.13. The second-order valence-electron chi connectivity index (χ2n) is 4.81. The van der Waals surface area contributed by atoms with Gasteiger partial charge in [0.25, 0.3) is 0 Å². The molecule has 0 aliphatic heterocycles. The van der Waals surface area contributed by atoms with E-state index in [1.165, 1.54) is 0 Å². The summed E-state index contributed by atoms with van der Waals surface area (Å²) in [6.45, 7) is 5.17. The van der Waals surface area contributed by atoms with Crippen molar-refractivity contribution in [3.8, 4) is 0 Å². The van der Waals surface area contributed by atoms with Crippen molar-refractivity contribution >= 4 is 11.9 Å². The highest BCUT2D eigenvalue weighted by atomic mass is 16.7. The number of hydrogen-bond acceptors (Lipinski definition) is 5. The zero-order valence-electron chi connectivity index (χ0n) is 10.7. The van der Waals surface area contributed by atoms with E-state index in [-0.39, 0.29) is 0 Å². The fourth-order valence-electron chi connectivity index (χ4n) is 1.44. The van der Waals surface area contributed by atoms with Gasteiger partial charge >= 0.3 is 11.9 Å². The highest BCUT2D eigenvalue weighted by Gasteiger charge is 2.33. The highest BCUT2D eigenvalue weighted by molar-refractivity contribution is 6.00. The van der Waals surface area contributed by atoms with Crippen molar-refractivity contribution in [2.75, 3.05) is 0 Å². The molecule has 18 heavy (non-hydrogen) atoms. The average molecular weight is 251 g/mol. The maximum Gasteiger partial charge on any atom is 0.343 e. The Hall–Kier alpha value is -1.88. The summed E-state index contributed by atoms with van der Waals surface area (Å²) >= 11 is 0. The predicted molar refractivity (Wildman–Crippen MR) is 65.3 cm³/mol. The van der Waals surface area contributed by atoms with Crippen molar-refractivity contribution in [3.05, 3.63) is 35.9 Å². The molecule has 1 aromatic carbocycles. The first kappa shape index (κ1) is 14.2. The molecule has 0 saturated heterocycles. The lowest BCUT2D eigenvalue weighted by atomic mass is 9.99. The van der Waals surface area contributed by atoms with Crippen molar-refractivity contribution < 1.29 is 19.2 Å². The molecule has 0 saturated carbocycles. The van der Waals surface area contributed by atoms with E-state index in [9.17, 15) is 9.59 Å². The third kappa shape index (κ3) is 3.85. The van der Waals surface area contributed by atoms with Gasteiger partial charge in [-0.05, 0) is 26.3 Å². The van der Waals surface area contributed by atoms with Gasteiger partial charge in [-0.25, -0.2) is 4.79 Å². The fraction of sp³-hybridized carbons (Fsp3) is 0.385. The zero-order chi connectivity index (χ0) is 13.8. The molecule has 5 heteroatoms. The molecule has 0 unspecified atom stereocenters. The van der Waals surface area contributed by atoms with Gasteiger partial charge in [0, 0.05) is 0 Å². The Kier molecular flexibility index (Phi) is 4.44. The minimum absolute atomic E-state index is 0.488. The molecule has 0 radical (unpaired) electrons. The summed E-state index contributed by atoms with van der Waals surface area (Å²) < 4.78 is 5.18. The van der Waals surface area contributed by atoms with Gasteiger partial charge in [-0.3, -0.25) is 4.79 Å². The van der Waals surface area contributed by atoms with Gasteiger partial charge < -0.3 is 9.57 Å². The molecule has 0 fully saturated rings. The summed E-state index contributed by atoms with van der Waals surface area (Å²) in [7, 11) is 0. The van der Waals surface area contributed by atoms with Crippen LogP contribution < -0.4 is 5.90 Å². The van der Waals surface area contributed by atoms with Gasteiger partial charge in [0.05, 0.1) is 0 Å². The van der Waals surface area contributed by atoms with Gasteiger partial charge in [0.2, 0.25) is 0 Å². The van der Waals surface area contributed by atoms with Crippen LogP contribution in [-0.4, -0.2) is 17.5 Å². The van der Waals surface area contributed by atoms with Crippen LogP contribution in [0.5, 0.6) is 0 Å². The standard InChI is InChI=1S/C13H17NO4/c1-13(2,3)17-11(15)10(12(16)18-14)9-7-5-4-6-8-9/h4-8,10H,14H2,1-3H3/t10-/m1/s1. The Balaban J connectivity index is 3.00. The van der Waals surface area contributed by atoms with Crippen LogP contribution in [0.15, 0.2) is 30.3 Å². The van der Waals surface area contributed by atoms with Crippen LogP contribution in [0.25, 0.3) is 0 Å². The van der Waals surface area contributed by atoms with Crippen molar-refractivity contribution in [1.29, 1.82) is 0 Å². The van der Waals surface area contributed by atoms with Crippen LogP contribution in [0.1, 0.15) is 32.3 Å². The number of carbonyl (C=O) groups excluding carboxylic acids is 2. The summed E-state index contributed by atoms with van der Waals surface area (Å²) in [4.78, 5) is 27.7. The molecule has 0 heterocycles. The monoisotopic (exact) mass is 251 g/mol. The lowest BCUT2D eigenvalue weighted by molar-refractivity contribution is -0.164. The van der Waals surface area contributed by atoms with Crippen molar-refractivity contribution in [2.24, 2.45) is 5.90 Å². The first-order valence-electron chi connectivity index (χ1n) is 5.53. The SMILES string of the molecule is CC(C)(C)OC(=O)[C@H](C(=O)ON)c1ccccc1. The maximum absolute atomic E-state index is 12.0. The van der Waals surface area contributed by atoms with Crippen LogP contribution in [0.2, 0.25) is 0 Å². The molecule has 5 nitrogen and oxygen atoms in total. The molecule has 0 aliphatic carbocycles. The van der Waals surface area contributed by atoms with E-state index in [1.54, 1.807) is 51.1 Å². The van der Waals surface area contributed by atoms with Crippen LogP contribution in [-0.2, 0) is 19.2 Å². The predicted octanol–water partition coefficient (Wildman–Crippen LogP) is 1.53. The first-order valence-corrected chi connectivity index (χ1v) is 5.53. The smallest absolute Gasteiger partial charge is 0.343 e. The molecule has 2 N–H and O–H groups in total. The number of benzene rings is 1. The fourth-order valence-corrected chi connectivity index (χ4v) is 1.44. The molecular formula is C13H17NO4. The van der Waals surface area contributed by atoms with Crippen LogP contribution >= 0.6 is 0 Å². The molecule has 0 amide bonds. The molecule has 0 aromatic heterocycles. The first-order chi connectivity index (χ1) is 8.35. The van der Waals surface area contributed by atoms with Crippen LogP contribution in [0.4, 0.5) is 0 Å². The van der Waals surface area contributed by atoms with E-state index in [4.69, 9.17) is 10.6 Å². The largest absolute Gasteiger partial charge is 0.459 e. The van der Waals surface area contributed by atoms with Crippen molar-refractivity contribution in [2.45, 2.75) is 32.3 Å². The summed E-state index contributed by atoms with van der Waals surface area (Å²) in [5, 5.41) is 0. The van der Waals surface area contributed by atoms with Crippen LogP contribution in [0.3, 0.4) is 0 Å². The van der Waals surface area contributed by atoms with Crippen molar-refractivity contribution in [1.82, 2.24) is 0 Å². The van der Waals surface area contributed by atoms with Gasteiger partial charge in [-0.2, -0.15) is 5.90 Å². The van der Waals surface area contributed by atoms with E-state index in [0.29, 0.717) is 5.56 Å². The number of rotatable bonds is 3. The lowest BCUT2D eigenvalue weighted by Gasteiger charge is -2.22. The topological polar surface area (TPSA) is 78.6 Å². The van der Waals surface area contributed by atoms with Crippen LogP contribution in [0, 0.1) is 0 Å². The molecule has 0 aliphatic rings. The van der Waals surface area contributed by atoms with E-state index >= 15 is 0 Å². The lowest BCUT2D eigenvalue weighted by Crippen LogP contribution is -2.33. The summed E-state index contributed by atoms with van der Waals surface area (Å²) in [6, 6.07) is 8.51. The minimum atomic E-state index is -1.16. The van der Waals surface area contributed by atoms with E-state index in [1.807, 2.05) is 0 Å². The molecule has 0 spiro atoms. The van der Waals surface area contributed by atoms with Gasteiger partial charge in [-0.1, -0.05) is 30.3 Å². The van der Waals surface area contributed by atoms with Gasteiger partial charge in [-0.15, -0.1) is 0 Å². The second-order valence-corrected chi connectivity index (χ2v) is 4.81. The summed E-state index contributed by atoms with van der Waals surface area (Å²) in [5.41, 5.74) is -0.193. The molecule has 1 rings (SSSR count). The normalized spacial score (nSPS) is 12.7. The Morgan fingerprint density at radius 3 is 2.11 bits per heavy atom. The maximum atomic E-state index is 12.0. The Bertz CT molecular complexity index is 422. The number of nitrogens with two attached hydrogens (primary N) is 1. The third-order valence-electron chi connectivity index (χ3n) is 2.13. The van der Waals surface area contributed by atoms with E-state index < -0.39 is 23.5 Å². The molecule has 0 bridgehead atoms. The number of esters is 1. The molecule has 98 valence electrons. The minimum Gasteiger partial charge on any atom is -0.459 e. The van der Waals surface area contributed by atoms with E-state index in [2.05, 4.69) is 4.84 Å². The van der Waals surface area contributed by atoms with E-state index in [0.717, 1.165) is 0 Å². The summed E-state index contributed by atoms with van der Waals surface area (Å²) in [6.07, 6.45) is 0. The molecule has 1 aromatic rings. The Morgan fingerprint density at radius 2 is 1.67 bits per heavy atom. The van der Waals surface area contributed by atoms with Gasteiger partial charge in [0.1, 0.15) is 5.60 Å². The Morgan fingerprint density at radius 1 is 1.11 bits per heavy atom. The molecule has 1 atom stereocenters. The Labute approximate surface area is 106 Å². The summed E-state index contributed by atoms with van der Waals surface area (Å²) in [5.74, 6) is 2.18. The molecular weight excluding hydrogens is 234 g/mol.